The first kappa shape index (κ1) is 12.3. The molecule has 19 heavy (non-hydrogen) atoms. The number of hydrogen-bond donors (Lipinski definition) is 1. The fourth-order valence-corrected chi connectivity index (χ4v) is 2.31. The molecule has 0 bridgehead atoms. The van der Waals surface area contributed by atoms with Crippen LogP contribution >= 0.6 is 0 Å². The molecule has 1 aromatic heterocycles. The van der Waals surface area contributed by atoms with Crippen molar-refractivity contribution in [1.82, 2.24) is 9.88 Å². The Hall–Kier alpha value is -1.72. The average molecular weight is 262 g/mol. The van der Waals surface area contributed by atoms with Gasteiger partial charge in [-0.05, 0) is 18.6 Å². The summed E-state index contributed by atoms with van der Waals surface area (Å²) in [6, 6.07) is 6.24. The molecular weight excluding hydrogens is 247 g/mol. The van der Waals surface area contributed by atoms with Crippen molar-refractivity contribution in [2.45, 2.75) is 19.1 Å². The maximum atomic E-state index is 13.1. The van der Waals surface area contributed by atoms with Crippen LogP contribution in [-0.2, 0) is 6.54 Å². The molecule has 0 spiro atoms. The minimum atomic E-state index is -0.293. The lowest BCUT2D eigenvalue weighted by Crippen LogP contribution is -2.21. The van der Waals surface area contributed by atoms with Crippen LogP contribution in [0.1, 0.15) is 12.3 Å². The number of halogens is 1. The lowest BCUT2D eigenvalue weighted by atomic mass is 10.2. The Labute approximate surface area is 110 Å². The number of hydrogen-bond acceptors (Lipinski definition) is 4. The van der Waals surface area contributed by atoms with Crippen molar-refractivity contribution in [3.63, 3.8) is 0 Å². The zero-order valence-electron chi connectivity index (χ0n) is 10.4. The molecule has 3 rings (SSSR count). The second-order valence-electron chi connectivity index (χ2n) is 4.81. The maximum Gasteiger partial charge on any atom is 0.209 e. The number of aromatic nitrogens is 1. The first-order valence-electron chi connectivity index (χ1n) is 6.32. The topological polar surface area (TPSA) is 49.5 Å². The number of rotatable bonds is 3. The zero-order chi connectivity index (χ0) is 13.2. The molecule has 2 aromatic rings. The molecule has 1 fully saturated rings. The molecule has 100 valence electrons. The lowest BCUT2D eigenvalue weighted by molar-refractivity contribution is 0.171. The molecule has 1 N–H and O–H groups in total. The van der Waals surface area contributed by atoms with Crippen LogP contribution in [0.2, 0.25) is 0 Å². The fourth-order valence-electron chi connectivity index (χ4n) is 2.31. The van der Waals surface area contributed by atoms with Gasteiger partial charge in [-0.3, -0.25) is 4.90 Å². The van der Waals surface area contributed by atoms with Crippen LogP contribution in [0.25, 0.3) is 11.3 Å². The van der Waals surface area contributed by atoms with Gasteiger partial charge in [-0.15, -0.1) is 0 Å². The van der Waals surface area contributed by atoms with Gasteiger partial charge in [0.05, 0.1) is 18.8 Å². The quantitative estimate of drug-likeness (QED) is 0.919. The van der Waals surface area contributed by atoms with Gasteiger partial charge in [0.1, 0.15) is 5.82 Å². The highest BCUT2D eigenvalue weighted by atomic mass is 19.1. The van der Waals surface area contributed by atoms with Gasteiger partial charge in [-0.2, -0.15) is 0 Å². The van der Waals surface area contributed by atoms with E-state index >= 15 is 0 Å². The highest BCUT2D eigenvalue weighted by molar-refractivity contribution is 5.56. The van der Waals surface area contributed by atoms with E-state index in [2.05, 4.69) is 9.88 Å². The van der Waals surface area contributed by atoms with Gasteiger partial charge in [0, 0.05) is 18.7 Å². The summed E-state index contributed by atoms with van der Waals surface area (Å²) in [4.78, 5) is 6.29. The molecule has 4 nitrogen and oxygen atoms in total. The molecule has 0 aliphatic carbocycles. The Morgan fingerprint density at radius 3 is 3.11 bits per heavy atom. The molecule has 0 unspecified atom stereocenters. The molecule has 1 atom stereocenters. The van der Waals surface area contributed by atoms with Crippen molar-refractivity contribution in [2.24, 2.45) is 0 Å². The number of oxazole rings is 1. The normalized spacial score (nSPS) is 20.0. The zero-order valence-corrected chi connectivity index (χ0v) is 10.4. The van der Waals surface area contributed by atoms with E-state index in [0.717, 1.165) is 13.0 Å². The van der Waals surface area contributed by atoms with E-state index in [1.54, 1.807) is 18.3 Å². The summed E-state index contributed by atoms with van der Waals surface area (Å²) in [5.41, 5.74) is 0.681. The number of benzene rings is 1. The van der Waals surface area contributed by atoms with E-state index in [4.69, 9.17) is 4.42 Å². The summed E-state index contributed by atoms with van der Waals surface area (Å²) < 4.78 is 18.8. The van der Waals surface area contributed by atoms with Crippen molar-refractivity contribution in [3.8, 4) is 11.3 Å². The molecular formula is C14H15FN2O2. The van der Waals surface area contributed by atoms with E-state index < -0.39 is 0 Å². The standard InChI is InChI=1S/C14H15FN2O2/c15-11-3-1-2-10(6-11)13-7-16-14(19-13)9-17-5-4-12(18)8-17/h1-3,6-7,12,18H,4-5,8-9H2/t12-/m0/s1. The molecule has 0 saturated carbocycles. The first-order valence-corrected chi connectivity index (χ1v) is 6.32. The van der Waals surface area contributed by atoms with Gasteiger partial charge >= 0.3 is 0 Å². The average Bonchev–Trinajstić information content (AvgIpc) is 2.99. The van der Waals surface area contributed by atoms with Gasteiger partial charge in [0.25, 0.3) is 0 Å². The van der Waals surface area contributed by atoms with E-state index in [-0.39, 0.29) is 11.9 Å². The van der Waals surface area contributed by atoms with Crippen LogP contribution in [0.3, 0.4) is 0 Å². The number of aliphatic hydroxyl groups excluding tert-OH is 1. The number of nitrogens with zero attached hydrogens (tertiary/aromatic N) is 2. The molecule has 1 saturated heterocycles. The van der Waals surface area contributed by atoms with Gasteiger partial charge in [0.2, 0.25) is 5.89 Å². The van der Waals surface area contributed by atoms with Crippen LogP contribution < -0.4 is 0 Å². The minimum absolute atomic E-state index is 0.252. The summed E-state index contributed by atoms with van der Waals surface area (Å²) in [6.45, 7) is 2.07. The van der Waals surface area contributed by atoms with Crippen molar-refractivity contribution >= 4 is 0 Å². The smallest absolute Gasteiger partial charge is 0.209 e. The molecule has 2 heterocycles. The Balaban J connectivity index is 1.73. The number of aliphatic hydroxyl groups is 1. The summed E-state index contributed by atoms with van der Waals surface area (Å²) in [7, 11) is 0. The van der Waals surface area contributed by atoms with Gasteiger partial charge in [0.15, 0.2) is 5.76 Å². The Morgan fingerprint density at radius 1 is 1.47 bits per heavy atom. The SMILES string of the molecule is O[C@H]1CCN(Cc2ncc(-c3cccc(F)c3)o2)C1. The molecule has 1 aliphatic heterocycles. The van der Waals surface area contributed by atoms with E-state index in [1.165, 1.54) is 12.1 Å². The molecule has 5 heteroatoms. The largest absolute Gasteiger partial charge is 0.439 e. The molecule has 1 aliphatic rings. The number of likely N-dealkylation sites (tertiary alicyclic amines) is 1. The van der Waals surface area contributed by atoms with Crippen molar-refractivity contribution < 1.29 is 13.9 Å². The lowest BCUT2D eigenvalue weighted by Gasteiger charge is -2.11. The van der Waals surface area contributed by atoms with Crippen LogP contribution in [0, 0.1) is 5.82 Å². The Bertz CT molecular complexity index is 570. The number of β-amino-alcohol motifs (C(OH)–C–C–N with tert-alkyl or cyclic N) is 1. The van der Waals surface area contributed by atoms with Crippen LogP contribution in [-0.4, -0.2) is 34.2 Å². The summed E-state index contributed by atoms with van der Waals surface area (Å²) in [5, 5.41) is 9.46. The molecule has 1 aromatic carbocycles. The summed E-state index contributed by atoms with van der Waals surface area (Å²) in [6.07, 6.45) is 2.14. The first-order chi connectivity index (χ1) is 9.20. The minimum Gasteiger partial charge on any atom is -0.439 e. The summed E-state index contributed by atoms with van der Waals surface area (Å²) >= 11 is 0. The third-order valence-corrected chi connectivity index (χ3v) is 3.27. The highest BCUT2D eigenvalue weighted by Crippen LogP contribution is 2.22. The fraction of sp³-hybridized carbons (Fsp3) is 0.357. The third kappa shape index (κ3) is 2.83. The van der Waals surface area contributed by atoms with Crippen molar-refractivity contribution in [3.05, 3.63) is 42.2 Å². The van der Waals surface area contributed by atoms with Crippen molar-refractivity contribution in [1.29, 1.82) is 0 Å². The molecule has 0 radical (unpaired) electrons. The highest BCUT2D eigenvalue weighted by Gasteiger charge is 2.21. The van der Waals surface area contributed by atoms with Crippen molar-refractivity contribution in [2.75, 3.05) is 13.1 Å². The summed E-state index contributed by atoms with van der Waals surface area (Å²) in [5.74, 6) is 0.862. The van der Waals surface area contributed by atoms with Crippen LogP contribution in [0.5, 0.6) is 0 Å². The van der Waals surface area contributed by atoms with Gasteiger partial charge in [-0.25, -0.2) is 9.37 Å². The van der Waals surface area contributed by atoms with E-state index in [1.807, 2.05) is 0 Å². The Morgan fingerprint density at radius 2 is 2.37 bits per heavy atom. The van der Waals surface area contributed by atoms with Gasteiger partial charge < -0.3 is 9.52 Å². The monoisotopic (exact) mass is 262 g/mol. The second kappa shape index (κ2) is 5.11. The maximum absolute atomic E-state index is 13.1. The Kier molecular flexibility index (Phi) is 3.31. The van der Waals surface area contributed by atoms with Gasteiger partial charge in [-0.1, -0.05) is 12.1 Å². The van der Waals surface area contributed by atoms with Crippen LogP contribution in [0.4, 0.5) is 4.39 Å². The third-order valence-electron chi connectivity index (χ3n) is 3.27. The van der Waals surface area contributed by atoms with E-state index in [0.29, 0.717) is 30.3 Å². The second-order valence-corrected chi connectivity index (χ2v) is 4.81. The molecule has 0 amide bonds. The predicted octanol–water partition coefficient (Wildman–Crippen LogP) is 2.05. The van der Waals surface area contributed by atoms with E-state index in [9.17, 15) is 9.50 Å². The predicted molar refractivity (Wildman–Crippen MR) is 67.8 cm³/mol. The van der Waals surface area contributed by atoms with Crippen LogP contribution in [0.15, 0.2) is 34.9 Å².